The van der Waals surface area contributed by atoms with Crippen LogP contribution in [-0.2, 0) is 15.3 Å². The zero-order chi connectivity index (χ0) is 14.2. The number of ether oxygens (including phenoxy) is 2. The summed E-state index contributed by atoms with van der Waals surface area (Å²) in [5.41, 5.74) is 1.67. The van der Waals surface area contributed by atoms with Gasteiger partial charge >= 0.3 is 0 Å². The third-order valence-electron chi connectivity index (χ3n) is 3.66. The van der Waals surface area contributed by atoms with Crippen molar-refractivity contribution in [2.24, 2.45) is 0 Å². The first-order valence-corrected chi connectivity index (χ1v) is 6.26. The molecule has 0 bridgehead atoms. The van der Waals surface area contributed by atoms with Crippen LogP contribution in [-0.4, -0.2) is 46.8 Å². The van der Waals surface area contributed by atoms with Gasteiger partial charge in [0.15, 0.2) is 0 Å². The lowest BCUT2D eigenvalue weighted by molar-refractivity contribution is -0.360. The second-order valence-corrected chi connectivity index (χ2v) is 4.99. The van der Waals surface area contributed by atoms with Crippen molar-refractivity contribution in [3.8, 4) is 0 Å². The van der Waals surface area contributed by atoms with Crippen LogP contribution in [0.4, 0.5) is 0 Å². The average Bonchev–Trinajstić information content (AvgIpc) is 2.42. The van der Waals surface area contributed by atoms with Crippen LogP contribution in [0.2, 0.25) is 0 Å². The second-order valence-electron chi connectivity index (χ2n) is 4.99. The molecule has 2 rings (SSSR count). The highest BCUT2D eigenvalue weighted by Crippen LogP contribution is 2.39. The molecule has 1 aromatic carbocycles. The number of rotatable bonds is 2. The highest BCUT2D eigenvalue weighted by Gasteiger charge is 2.53. The van der Waals surface area contributed by atoms with Gasteiger partial charge in [-0.25, -0.2) is 0 Å². The van der Waals surface area contributed by atoms with Gasteiger partial charge < -0.3 is 24.8 Å². The predicted molar refractivity (Wildman–Crippen MR) is 68.4 cm³/mol. The molecule has 1 aliphatic rings. The van der Waals surface area contributed by atoms with E-state index in [0.29, 0.717) is 5.56 Å². The van der Waals surface area contributed by atoms with Crippen LogP contribution in [0.5, 0.6) is 0 Å². The Kier molecular flexibility index (Phi) is 3.94. The van der Waals surface area contributed by atoms with Crippen molar-refractivity contribution in [3.05, 3.63) is 35.4 Å². The minimum Gasteiger partial charge on any atom is -0.388 e. The topological polar surface area (TPSA) is 79.2 Å². The maximum atomic E-state index is 10.2. The van der Waals surface area contributed by atoms with E-state index in [2.05, 4.69) is 0 Å². The molecule has 0 radical (unpaired) electrons. The van der Waals surface area contributed by atoms with Crippen LogP contribution in [0.15, 0.2) is 24.3 Å². The molecule has 106 valence electrons. The third-order valence-corrected chi connectivity index (χ3v) is 3.66. The van der Waals surface area contributed by atoms with Crippen molar-refractivity contribution in [1.29, 1.82) is 0 Å². The second kappa shape index (κ2) is 5.19. The van der Waals surface area contributed by atoms with Crippen molar-refractivity contribution in [1.82, 2.24) is 0 Å². The molecule has 1 aromatic rings. The van der Waals surface area contributed by atoms with E-state index >= 15 is 0 Å². The van der Waals surface area contributed by atoms with Crippen molar-refractivity contribution < 1.29 is 24.8 Å². The van der Waals surface area contributed by atoms with Crippen LogP contribution >= 0.6 is 0 Å². The molecule has 0 saturated carbocycles. The lowest BCUT2D eigenvalue weighted by atomic mass is 9.88. The van der Waals surface area contributed by atoms with Gasteiger partial charge in [0.2, 0.25) is 5.79 Å². The molecule has 5 nitrogen and oxygen atoms in total. The number of aryl methyl sites for hydroxylation is 1. The summed E-state index contributed by atoms with van der Waals surface area (Å²) in [6.07, 6.45) is -4.50. The van der Waals surface area contributed by atoms with Gasteiger partial charge in [-0.1, -0.05) is 29.8 Å². The van der Waals surface area contributed by atoms with E-state index in [1.165, 1.54) is 7.11 Å². The molecule has 19 heavy (non-hydrogen) atoms. The van der Waals surface area contributed by atoms with Crippen molar-refractivity contribution >= 4 is 0 Å². The molecule has 0 aliphatic carbocycles. The number of benzene rings is 1. The summed E-state index contributed by atoms with van der Waals surface area (Å²) in [6, 6.07) is 7.29. The summed E-state index contributed by atoms with van der Waals surface area (Å²) < 4.78 is 11.0. The van der Waals surface area contributed by atoms with Crippen LogP contribution in [0.1, 0.15) is 18.1 Å². The zero-order valence-electron chi connectivity index (χ0n) is 11.3. The van der Waals surface area contributed by atoms with E-state index in [9.17, 15) is 15.3 Å². The lowest BCUT2D eigenvalue weighted by Gasteiger charge is -2.47. The lowest BCUT2D eigenvalue weighted by Crippen LogP contribution is -2.62. The Balaban J connectivity index is 2.44. The summed E-state index contributed by atoms with van der Waals surface area (Å²) in [7, 11) is 1.40. The highest BCUT2D eigenvalue weighted by molar-refractivity contribution is 5.27. The molecule has 1 fully saturated rings. The van der Waals surface area contributed by atoms with Gasteiger partial charge in [-0.15, -0.1) is 0 Å². The number of hydrogen-bond donors (Lipinski definition) is 3. The van der Waals surface area contributed by atoms with E-state index in [1.54, 1.807) is 19.1 Å². The number of methoxy groups -OCH3 is 1. The van der Waals surface area contributed by atoms with Crippen LogP contribution in [0, 0.1) is 6.92 Å². The molecular weight excluding hydrogens is 248 g/mol. The number of hydrogen-bond acceptors (Lipinski definition) is 5. The fourth-order valence-electron chi connectivity index (χ4n) is 2.42. The average molecular weight is 268 g/mol. The summed E-state index contributed by atoms with van der Waals surface area (Å²) in [6.45, 7) is 3.57. The van der Waals surface area contributed by atoms with Gasteiger partial charge in [0.25, 0.3) is 0 Å². The molecule has 1 heterocycles. The summed E-state index contributed by atoms with van der Waals surface area (Å²) in [5.74, 6) is -1.47. The van der Waals surface area contributed by atoms with Gasteiger partial charge in [0, 0.05) is 12.7 Å². The van der Waals surface area contributed by atoms with Crippen LogP contribution < -0.4 is 0 Å². The quantitative estimate of drug-likeness (QED) is 0.719. The van der Waals surface area contributed by atoms with Gasteiger partial charge in [-0.05, 0) is 13.8 Å². The Morgan fingerprint density at radius 2 is 1.68 bits per heavy atom. The van der Waals surface area contributed by atoms with Crippen LogP contribution in [0.25, 0.3) is 0 Å². The summed E-state index contributed by atoms with van der Waals surface area (Å²) in [4.78, 5) is 0. The number of aliphatic hydroxyl groups is 3. The predicted octanol–water partition coefficient (Wildman–Crippen LogP) is 0.296. The van der Waals surface area contributed by atoms with Crippen molar-refractivity contribution in [2.75, 3.05) is 7.11 Å². The molecule has 3 N–H and O–H groups in total. The van der Waals surface area contributed by atoms with Gasteiger partial charge in [-0.2, -0.15) is 0 Å². The SMILES string of the molecule is CO[C@@]1(c2ccc(C)cc2)O[C@H](C)[C@@H](O)[C@H](O)[C@H]1O. The molecule has 0 unspecified atom stereocenters. The van der Waals surface area contributed by atoms with E-state index in [4.69, 9.17) is 9.47 Å². The Hall–Kier alpha value is -0.980. The summed E-state index contributed by atoms with van der Waals surface area (Å²) in [5, 5.41) is 29.9. The molecule has 1 saturated heterocycles. The minimum atomic E-state index is -1.47. The van der Waals surface area contributed by atoms with Crippen molar-refractivity contribution in [3.63, 3.8) is 0 Å². The molecule has 0 aromatic heterocycles. The first kappa shape index (κ1) is 14.4. The van der Waals surface area contributed by atoms with E-state index in [1.807, 2.05) is 19.1 Å². The Morgan fingerprint density at radius 1 is 1.11 bits per heavy atom. The standard InChI is InChI=1S/C14H20O5/c1-8-4-6-10(7-5-8)14(18-3)13(17)12(16)11(15)9(2)19-14/h4-7,9,11-13,15-17H,1-3H3/t9-,11-,12+,13-,14+/m1/s1. The smallest absolute Gasteiger partial charge is 0.224 e. The van der Waals surface area contributed by atoms with Crippen molar-refractivity contribution in [2.45, 2.75) is 44.1 Å². The minimum absolute atomic E-state index is 0.603. The highest BCUT2D eigenvalue weighted by atomic mass is 16.7. The first-order valence-electron chi connectivity index (χ1n) is 6.26. The van der Waals surface area contributed by atoms with Gasteiger partial charge in [0.1, 0.15) is 18.3 Å². The van der Waals surface area contributed by atoms with Crippen LogP contribution in [0.3, 0.4) is 0 Å². The van der Waals surface area contributed by atoms with E-state index < -0.39 is 30.2 Å². The largest absolute Gasteiger partial charge is 0.388 e. The zero-order valence-corrected chi connectivity index (χ0v) is 11.3. The first-order chi connectivity index (χ1) is 8.92. The Labute approximate surface area is 112 Å². The Bertz CT molecular complexity index is 432. The molecule has 5 heteroatoms. The maximum absolute atomic E-state index is 10.2. The van der Waals surface area contributed by atoms with Gasteiger partial charge in [0.05, 0.1) is 6.10 Å². The molecule has 1 aliphatic heterocycles. The van der Waals surface area contributed by atoms with E-state index in [-0.39, 0.29) is 0 Å². The van der Waals surface area contributed by atoms with E-state index in [0.717, 1.165) is 5.56 Å². The molecular formula is C14H20O5. The molecule has 0 spiro atoms. The molecule has 5 atom stereocenters. The maximum Gasteiger partial charge on any atom is 0.224 e. The summed E-state index contributed by atoms with van der Waals surface area (Å²) >= 11 is 0. The number of aliphatic hydroxyl groups excluding tert-OH is 3. The fourth-order valence-corrected chi connectivity index (χ4v) is 2.42. The molecule has 0 amide bonds. The Morgan fingerprint density at radius 3 is 2.21 bits per heavy atom. The normalized spacial score (nSPS) is 39.3. The monoisotopic (exact) mass is 268 g/mol. The fraction of sp³-hybridized carbons (Fsp3) is 0.571. The third kappa shape index (κ3) is 2.28. The van der Waals surface area contributed by atoms with Gasteiger partial charge in [-0.3, -0.25) is 0 Å².